The molecule has 0 aromatic heterocycles. The Morgan fingerprint density at radius 3 is 2.04 bits per heavy atom. The number of carbonyl (C=O) groups is 2. The van der Waals surface area contributed by atoms with Crippen molar-refractivity contribution in [1.82, 2.24) is 0 Å². The molecule has 0 aromatic rings. The molecule has 0 saturated carbocycles. The van der Waals surface area contributed by atoms with Gasteiger partial charge in [-0.25, -0.2) is 0 Å². The summed E-state index contributed by atoms with van der Waals surface area (Å²) in [6.45, 7) is 6.28. The van der Waals surface area contributed by atoms with Gasteiger partial charge in [0.2, 0.25) is 0 Å². The van der Waals surface area contributed by atoms with Crippen LogP contribution in [0.15, 0.2) is 24.3 Å². The van der Waals surface area contributed by atoms with Crippen LogP contribution < -0.4 is 0 Å². The monoisotopic (exact) mass is 668 g/mol. The lowest BCUT2D eigenvalue weighted by atomic mass is 9.87. The summed E-state index contributed by atoms with van der Waals surface area (Å²) in [7, 11) is 0. The number of esters is 2. The quantitative estimate of drug-likeness (QED) is 0.0391. The molecule has 1 rings (SSSR count). The third kappa shape index (κ3) is 23.3. The van der Waals surface area contributed by atoms with Crippen LogP contribution in [0.1, 0.15) is 149 Å². The van der Waals surface area contributed by atoms with Gasteiger partial charge in [0, 0.05) is 25.2 Å². The van der Waals surface area contributed by atoms with Gasteiger partial charge in [0.15, 0.2) is 6.29 Å². The Morgan fingerprint density at radius 1 is 0.809 bits per heavy atom. The number of carbonyl (C=O) groups excluding carboxylic acids is 2. The first-order chi connectivity index (χ1) is 22.7. The minimum atomic E-state index is -1.05. The third-order valence-corrected chi connectivity index (χ3v) is 9.02. The van der Waals surface area contributed by atoms with Gasteiger partial charge >= 0.3 is 11.9 Å². The van der Waals surface area contributed by atoms with Gasteiger partial charge in [-0.1, -0.05) is 122 Å². The summed E-state index contributed by atoms with van der Waals surface area (Å²) in [5.41, 5.74) is 0. The van der Waals surface area contributed by atoms with E-state index in [4.69, 9.17) is 14.2 Å². The van der Waals surface area contributed by atoms with Crippen molar-refractivity contribution in [3.8, 4) is 0 Å². The zero-order valence-electron chi connectivity index (χ0n) is 29.7. The second-order valence-corrected chi connectivity index (χ2v) is 13.5. The Hall–Kier alpha value is -1.78. The van der Waals surface area contributed by atoms with E-state index in [9.17, 15) is 30.0 Å². The van der Waals surface area contributed by atoms with E-state index in [-0.39, 0.29) is 37.9 Å². The largest absolute Gasteiger partial charge is 0.463 e. The van der Waals surface area contributed by atoms with Gasteiger partial charge in [-0.3, -0.25) is 9.59 Å². The van der Waals surface area contributed by atoms with Crippen molar-refractivity contribution in [2.24, 2.45) is 11.8 Å². The van der Waals surface area contributed by atoms with Crippen molar-refractivity contribution in [2.45, 2.75) is 180 Å². The lowest BCUT2D eigenvalue weighted by Gasteiger charge is -2.36. The minimum absolute atomic E-state index is 0.137. The Labute approximate surface area is 285 Å². The zero-order chi connectivity index (χ0) is 34.7. The molecule has 9 nitrogen and oxygen atoms in total. The van der Waals surface area contributed by atoms with Crippen LogP contribution in [-0.4, -0.2) is 76.3 Å². The fraction of sp³-hybridized carbons (Fsp3) is 0.842. The topological polar surface area (TPSA) is 143 Å². The molecule has 0 spiro atoms. The molecule has 4 N–H and O–H groups in total. The maximum Gasteiger partial charge on any atom is 0.305 e. The number of aliphatic hydroxyl groups is 4. The molecule has 0 aromatic carbocycles. The molecule has 1 saturated heterocycles. The number of hydrogen-bond acceptors (Lipinski definition) is 9. The summed E-state index contributed by atoms with van der Waals surface area (Å²) in [5.74, 6) is -0.173. The van der Waals surface area contributed by atoms with Crippen molar-refractivity contribution in [1.29, 1.82) is 0 Å². The molecule has 1 aliphatic rings. The van der Waals surface area contributed by atoms with Gasteiger partial charge in [0.1, 0.15) is 19.3 Å². The number of allylic oxidation sites excluding steroid dienone is 2. The summed E-state index contributed by atoms with van der Waals surface area (Å²) < 4.78 is 15.9. The molecule has 0 amide bonds. The standard InChI is InChI=1S/C38H68O9/c1-4-6-15-21-31(39)25-26-35-33(34(41)27-38(44)47-35)22-17-13-14-19-24-37(43)46-29-32(40)28-45-36(42)23-18-12-10-8-7-9-11-16-20-30(3)5-2/h13,17,25-26,30-35,38-41,44H,4-12,14-16,18-24,27-29H2,1-3H3/b17-13-,26-25+/t30?,31-,32+,33-,34-,35+,38?/m0/s1. The van der Waals surface area contributed by atoms with Gasteiger partial charge < -0.3 is 34.6 Å². The van der Waals surface area contributed by atoms with E-state index in [1.807, 2.05) is 12.2 Å². The summed E-state index contributed by atoms with van der Waals surface area (Å²) in [5, 5.41) is 40.7. The van der Waals surface area contributed by atoms with Gasteiger partial charge in [-0.05, 0) is 38.0 Å². The second-order valence-electron chi connectivity index (χ2n) is 13.5. The smallest absolute Gasteiger partial charge is 0.305 e. The van der Waals surface area contributed by atoms with Crippen molar-refractivity contribution in [2.75, 3.05) is 13.2 Å². The van der Waals surface area contributed by atoms with Crippen LogP contribution in [0.2, 0.25) is 0 Å². The molecule has 2 unspecified atom stereocenters. The molecule has 0 radical (unpaired) electrons. The molecule has 1 fully saturated rings. The van der Waals surface area contributed by atoms with Crippen LogP contribution >= 0.6 is 0 Å². The molecular weight excluding hydrogens is 600 g/mol. The Balaban J connectivity index is 2.13. The maximum absolute atomic E-state index is 12.1. The van der Waals surface area contributed by atoms with Crippen LogP contribution in [0.3, 0.4) is 0 Å². The first-order valence-electron chi connectivity index (χ1n) is 18.7. The third-order valence-electron chi connectivity index (χ3n) is 9.02. The molecular formula is C38H68O9. The first-order valence-corrected chi connectivity index (χ1v) is 18.7. The highest BCUT2D eigenvalue weighted by Crippen LogP contribution is 2.29. The Morgan fingerprint density at radius 2 is 1.40 bits per heavy atom. The van der Waals surface area contributed by atoms with E-state index >= 15 is 0 Å². The van der Waals surface area contributed by atoms with Gasteiger partial charge in [-0.2, -0.15) is 0 Å². The highest BCUT2D eigenvalue weighted by molar-refractivity contribution is 5.69. The van der Waals surface area contributed by atoms with Crippen molar-refractivity contribution in [3.05, 3.63) is 24.3 Å². The fourth-order valence-corrected chi connectivity index (χ4v) is 5.69. The van der Waals surface area contributed by atoms with E-state index in [0.717, 1.165) is 44.4 Å². The van der Waals surface area contributed by atoms with Crippen LogP contribution in [0, 0.1) is 11.8 Å². The van der Waals surface area contributed by atoms with Crippen LogP contribution in [0.25, 0.3) is 0 Å². The van der Waals surface area contributed by atoms with Crippen LogP contribution in [0.5, 0.6) is 0 Å². The molecule has 9 heteroatoms. The van der Waals surface area contributed by atoms with Crippen molar-refractivity contribution in [3.63, 3.8) is 0 Å². The molecule has 1 heterocycles. The molecule has 1 aliphatic heterocycles. The van der Waals surface area contributed by atoms with E-state index < -0.39 is 36.7 Å². The average Bonchev–Trinajstić information content (AvgIpc) is 3.04. The van der Waals surface area contributed by atoms with E-state index in [0.29, 0.717) is 32.1 Å². The Kier molecular flexibility index (Phi) is 25.9. The predicted octanol–water partition coefficient (Wildman–Crippen LogP) is 7.08. The van der Waals surface area contributed by atoms with Gasteiger partial charge in [0.25, 0.3) is 0 Å². The number of unbranched alkanes of at least 4 members (excludes halogenated alkanes) is 10. The molecule has 0 aliphatic carbocycles. The lowest BCUT2D eigenvalue weighted by molar-refractivity contribution is -0.199. The van der Waals surface area contributed by atoms with E-state index in [1.54, 1.807) is 12.2 Å². The highest BCUT2D eigenvalue weighted by Gasteiger charge is 2.35. The van der Waals surface area contributed by atoms with Gasteiger partial charge in [0.05, 0.1) is 18.3 Å². The number of ether oxygens (including phenoxy) is 3. The van der Waals surface area contributed by atoms with Gasteiger partial charge in [-0.15, -0.1) is 0 Å². The zero-order valence-corrected chi connectivity index (χ0v) is 29.7. The summed E-state index contributed by atoms with van der Waals surface area (Å²) in [4.78, 5) is 24.0. The SMILES string of the molecule is CCCCC[C@H](O)/C=C/[C@H]1OC(O)C[C@H](O)[C@@H]1C/C=C\CCCC(=O)OC[C@H](O)COC(=O)CCCCCCCCCCC(C)CC. The highest BCUT2D eigenvalue weighted by atomic mass is 16.6. The van der Waals surface area contributed by atoms with Crippen LogP contribution in [-0.2, 0) is 23.8 Å². The van der Waals surface area contributed by atoms with Crippen molar-refractivity contribution < 1.29 is 44.2 Å². The lowest BCUT2D eigenvalue weighted by Crippen LogP contribution is -2.43. The molecule has 47 heavy (non-hydrogen) atoms. The van der Waals surface area contributed by atoms with Crippen LogP contribution in [0.4, 0.5) is 0 Å². The van der Waals surface area contributed by atoms with Crippen molar-refractivity contribution >= 4 is 11.9 Å². The number of hydrogen-bond donors (Lipinski definition) is 4. The first kappa shape index (κ1) is 43.2. The summed E-state index contributed by atoms with van der Waals surface area (Å²) in [6, 6.07) is 0. The second kappa shape index (κ2) is 28.1. The minimum Gasteiger partial charge on any atom is -0.463 e. The average molecular weight is 669 g/mol. The fourth-order valence-electron chi connectivity index (χ4n) is 5.69. The number of rotatable bonds is 28. The number of aliphatic hydroxyl groups excluding tert-OH is 4. The maximum atomic E-state index is 12.1. The van der Waals surface area contributed by atoms with E-state index in [1.165, 1.54) is 44.9 Å². The normalized spacial score (nSPS) is 22.0. The van der Waals surface area contributed by atoms with E-state index in [2.05, 4.69) is 20.8 Å². The summed E-state index contributed by atoms with van der Waals surface area (Å²) in [6.07, 6.45) is 21.4. The molecule has 7 atom stereocenters. The predicted molar refractivity (Wildman–Crippen MR) is 185 cm³/mol. The molecule has 0 bridgehead atoms. The summed E-state index contributed by atoms with van der Waals surface area (Å²) >= 11 is 0. The Bertz CT molecular complexity index is 845. The molecule has 274 valence electrons.